The second kappa shape index (κ2) is 6.79. The van der Waals surface area contributed by atoms with Crippen molar-refractivity contribution in [2.24, 2.45) is 0 Å². The Morgan fingerprint density at radius 2 is 1.67 bits per heavy atom. The largest absolute Gasteiger partial charge is 0.416 e. The summed E-state index contributed by atoms with van der Waals surface area (Å²) in [6.07, 6.45) is -3.63. The van der Waals surface area contributed by atoms with Crippen LogP contribution in [0.3, 0.4) is 0 Å². The number of alkyl halides is 3. The molecule has 2 aromatic carbocycles. The highest BCUT2D eigenvalue weighted by Crippen LogP contribution is 2.30. The van der Waals surface area contributed by atoms with E-state index in [1.165, 1.54) is 0 Å². The van der Waals surface area contributed by atoms with E-state index in [2.05, 4.69) is 27.9 Å². The summed E-state index contributed by atoms with van der Waals surface area (Å²) in [6, 6.07) is 13.4. The molecule has 1 nitrogen and oxygen atoms in total. The van der Waals surface area contributed by atoms with E-state index in [1.54, 1.807) is 12.1 Å². The summed E-state index contributed by atoms with van der Waals surface area (Å²) < 4.78 is 38.8. The molecular weight excluding hydrogens is 390 g/mol. The molecule has 0 aliphatic heterocycles. The molecule has 0 amide bonds. The molecule has 2 aromatic rings. The van der Waals surface area contributed by atoms with E-state index in [-0.39, 0.29) is 6.04 Å². The maximum atomic E-state index is 12.6. The molecule has 0 fully saturated rings. The zero-order valence-corrected chi connectivity index (χ0v) is 13.6. The van der Waals surface area contributed by atoms with Crippen LogP contribution in [0.5, 0.6) is 0 Å². The van der Waals surface area contributed by atoms with Crippen LogP contribution in [0.2, 0.25) is 0 Å². The molecule has 1 unspecified atom stereocenters. The van der Waals surface area contributed by atoms with Gasteiger partial charge in [0.25, 0.3) is 0 Å². The van der Waals surface area contributed by atoms with Crippen LogP contribution >= 0.6 is 22.6 Å². The van der Waals surface area contributed by atoms with Gasteiger partial charge in [-0.15, -0.1) is 0 Å². The lowest BCUT2D eigenvalue weighted by atomic mass is 9.98. The van der Waals surface area contributed by atoms with Gasteiger partial charge in [-0.3, -0.25) is 0 Å². The molecule has 0 saturated carbocycles. The van der Waals surface area contributed by atoms with Crippen LogP contribution in [-0.4, -0.2) is 7.05 Å². The molecule has 0 saturated heterocycles. The molecular formula is C16H15F3IN. The van der Waals surface area contributed by atoms with Gasteiger partial charge in [0.1, 0.15) is 0 Å². The lowest BCUT2D eigenvalue weighted by Gasteiger charge is -2.18. The fourth-order valence-electron chi connectivity index (χ4n) is 2.19. The van der Waals surface area contributed by atoms with Crippen LogP contribution in [0.4, 0.5) is 13.2 Å². The summed E-state index contributed by atoms with van der Waals surface area (Å²) in [5.41, 5.74) is 1.42. The summed E-state index contributed by atoms with van der Waals surface area (Å²) >= 11 is 2.27. The second-order valence-electron chi connectivity index (χ2n) is 4.76. The molecule has 1 N–H and O–H groups in total. The summed E-state index contributed by atoms with van der Waals surface area (Å²) in [5, 5.41) is 3.23. The predicted molar refractivity (Wildman–Crippen MR) is 86.1 cm³/mol. The van der Waals surface area contributed by atoms with Crippen molar-refractivity contribution in [2.45, 2.75) is 18.6 Å². The van der Waals surface area contributed by atoms with E-state index in [0.717, 1.165) is 26.8 Å². The van der Waals surface area contributed by atoms with Crippen LogP contribution in [0.1, 0.15) is 22.7 Å². The van der Waals surface area contributed by atoms with Gasteiger partial charge >= 0.3 is 6.18 Å². The van der Waals surface area contributed by atoms with E-state index in [4.69, 9.17) is 0 Å². The van der Waals surface area contributed by atoms with Gasteiger partial charge in [0, 0.05) is 9.61 Å². The lowest BCUT2D eigenvalue weighted by Crippen LogP contribution is -2.20. The highest BCUT2D eigenvalue weighted by Gasteiger charge is 2.30. The molecule has 0 aliphatic carbocycles. The van der Waals surface area contributed by atoms with Crippen molar-refractivity contribution in [1.82, 2.24) is 5.32 Å². The summed E-state index contributed by atoms with van der Waals surface area (Å²) in [5.74, 6) is 0. The maximum Gasteiger partial charge on any atom is 0.416 e. The molecule has 0 spiro atoms. The second-order valence-corrected chi connectivity index (χ2v) is 5.92. The predicted octanol–water partition coefficient (Wildman–Crippen LogP) is 4.81. The number of hydrogen-bond acceptors (Lipinski definition) is 1. The van der Waals surface area contributed by atoms with E-state index in [9.17, 15) is 13.2 Å². The Morgan fingerprint density at radius 1 is 1.05 bits per heavy atom. The summed E-state index contributed by atoms with van der Waals surface area (Å²) in [4.78, 5) is 0. The summed E-state index contributed by atoms with van der Waals surface area (Å²) in [6.45, 7) is 0. The van der Waals surface area contributed by atoms with Crippen molar-refractivity contribution >= 4 is 22.6 Å². The van der Waals surface area contributed by atoms with Gasteiger partial charge in [0.15, 0.2) is 0 Å². The van der Waals surface area contributed by atoms with Gasteiger partial charge in [-0.1, -0.05) is 30.3 Å². The van der Waals surface area contributed by atoms with E-state index < -0.39 is 11.7 Å². The quantitative estimate of drug-likeness (QED) is 0.720. The topological polar surface area (TPSA) is 12.0 Å². The number of likely N-dealkylation sites (N-methyl/N-ethyl adjacent to an activating group) is 1. The van der Waals surface area contributed by atoms with Crippen LogP contribution in [0.15, 0.2) is 48.5 Å². The molecule has 0 radical (unpaired) electrons. The zero-order valence-electron chi connectivity index (χ0n) is 11.4. The Morgan fingerprint density at radius 3 is 2.19 bits per heavy atom. The molecule has 0 heterocycles. The number of hydrogen-bond donors (Lipinski definition) is 1. The molecule has 0 bridgehead atoms. The molecule has 1 atom stereocenters. The number of halogens is 4. The van der Waals surface area contributed by atoms with Crippen molar-refractivity contribution in [1.29, 1.82) is 0 Å². The van der Waals surface area contributed by atoms with Crippen molar-refractivity contribution in [3.05, 3.63) is 68.8 Å². The van der Waals surface area contributed by atoms with Crippen molar-refractivity contribution in [2.75, 3.05) is 7.05 Å². The van der Waals surface area contributed by atoms with E-state index in [0.29, 0.717) is 6.42 Å². The Labute approximate surface area is 135 Å². The maximum absolute atomic E-state index is 12.6. The molecule has 2 rings (SSSR count). The van der Waals surface area contributed by atoms with Crippen molar-refractivity contribution in [3.63, 3.8) is 0 Å². The minimum absolute atomic E-state index is 0.0786. The Hall–Kier alpha value is -1.08. The van der Waals surface area contributed by atoms with Crippen LogP contribution < -0.4 is 5.32 Å². The van der Waals surface area contributed by atoms with Crippen molar-refractivity contribution in [3.8, 4) is 0 Å². The highest BCUT2D eigenvalue weighted by molar-refractivity contribution is 14.1. The minimum Gasteiger partial charge on any atom is -0.313 e. The molecule has 5 heteroatoms. The first kappa shape index (κ1) is 16.3. The van der Waals surface area contributed by atoms with Gasteiger partial charge in [0.2, 0.25) is 0 Å². The van der Waals surface area contributed by atoms with Gasteiger partial charge in [-0.05, 0) is 65.4 Å². The molecule has 112 valence electrons. The first-order chi connectivity index (χ1) is 9.91. The monoisotopic (exact) mass is 405 g/mol. The van der Waals surface area contributed by atoms with Crippen LogP contribution in [0.25, 0.3) is 0 Å². The van der Waals surface area contributed by atoms with Gasteiger partial charge in [-0.2, -0.15) is 13.2 Å². The van der Waals surface area contributed by atoms with Crippen LogP contribution in [-0.2, 0) is 12.6 Å². The van der Waals surface area contributed by atoms with Gasteiger partial charge < -0.3 is 5.32 Å². The third-order valence-electron chi connectivity index (χ3n) is 3.35. The van der Waals surface area contributed by atoms with Gasteiger partial charge in [0.05, 0.1) is 5.56 Å². The Bertz CT molecular complexity index is 593. The minimum atomic E-state index is -4.28. The Kier molecular flexibility index (Phi) is 5.27. The smallest absolute Gasteiger partial charge is 0.313 e. The van der Waals surface area contributed by atoms with Gasteiger partial charge in [-0.25, -0.2) is 0 Å². The van der Waals surface area contributed by atoms with E-state index >= 15 is 0 Å². The average molecular weight is 405 g/mol. The standard InChI is InChI=1S/C16H15F3IN/c1-21-15(13-4-2-3-5-14(13)20)10-11-6-8-12(9-7-11)16(17,18)19/h2-9,15,21H,10H2,1H3. The lowest BCUT2D eigenvalue weighted by molar-refractivity contribution is -0.137. The van der Waals surface area contributed by atoms with Crippen molar-refractivity contribution < 1.29 is 13.2 Å². The molecule has 0 aliphatic rings. The fourth-order valence-corrected chi connectivity index (χ4v) is 2.95. The fraction of sp³-hybridized carbons (Fsp3) is 0.250. The average Bonchev–Trinajstić information content (AvgIpc) is 2.45. The SMILES string of the molecule is CNC(Cc1ccc(C(F)(F)F)cc1)c1ccccc1I. The van der Waals surface area contributed by atoms with E-state index in [1.807, 2.05) is 31.3 Å². The number of rotatable bonds is 4. The number of nitrogens with one attached hydrogen (secondary N) is 1. The third-order valence-corrected chi connectivity index (χ3v) is 4.33. The molecule has 0 aromatic heterocycles. The molecule has 21 heavy (non-hydrogen) atoms. The first-order valence-electron chi connectivity index (χ1n) is 6.49. The number of benzene rings is 2. The first-order valence-corrected chi connectivity index (χ1v) is 7.57. The summed E-state index contributed by atoms with van der Waals surface area (Å²) in [7, 11) is 1.86. The Balaban J connectivity index is 2.18. The highest BCUT2D eigenvalue weighted by atomic mass is 127. The normalized spacial score (nSPS) is 13.2. The zero-order chi connectivity index (χ0) is 15.5. The van der Waals surface area contributed by atoms with Crippen LogP contribution in [0, 0.1) is 3.57 Å². The third kappa shape index (κ3) is 4.20.